The van der Waals surface area contributed by atoms with E-state index in [1.165, 1.54) is 6.07 Å². The van der Waals surface area contributed by atoms with E-state index < -0.39 is 6.10 Å². The average molecular weight is 439 g/mol. The molecule has 0 N–H and O–H groups in total. The zero-order valence-electron chi connectivity index (χ0n) is 18.8. The van der Waals surface area contributed by atoms with Crippen molar-refractivity contribution in [2.45, 2.75) is 69.4 Å². The number of rotatable bonds is 7. The first-order valence-corrected chi connectivity index (χ1v) is 12.0. The molecule has 4 nitrogen and oxygen atoms in total. The highest BCUT2D eigenvalue weighted by atomic mass is 19.1. The number of benzene rings is 2. The smallest absolute Gasteiger partial charge is 0.340 e. The van der Waals surface area contributed by atoms with Crippen LogP contribution in [-0.2, 0) is 20.8 Å². The van der Waals surface area contributed by atoms with Gasteiger partial charge in [-0.15, -0.1) is 0 Å². The largest absolute Gasteiger partial charge is 0.453 e. The first-order valence-electron chi connectivity index (χ1n) is 12.0. The topological polar surface area (TPSA) is 35.5 Å². The number of carbonyl (C=O) groups is 1. The van der Waals surface area contributed by atoms with Gasteiger partial charge in [0.25, 0.3) is 0 Å². The molecule has 32 heavy (non-hydrogen) atoms. The second kappa shape index (κ2) is 8.95. The first kappa shape index (κ1) is 21.6. The molecule has 2 saturated carbocycles. The lowest BCUT2D eigenvalue weighted by Gasteiger charge is -2.38. The number of esters is 1. The molecule has 2 aliphatic carbocycles. The predicted octanol–water partition coefficient (Wildman–Crippen LogP) is 5.18. The van der Waals surface area contributed by atoms with Crippen LogP contribution < -0.4 is 0 Å². The van der Waals surface area contributed by atoms with Crippen molar-refractivity contribution in [3.63, 3.8) is 0 Å². The molecule has 3 fully saturated rings. The van der Waals surface area contributed by atoms with Crippen molar-refractivity contribution in [1.29, 1.82) is 0 Å². The van der Waals surface area contributed by atoms with Gasteiger partial charge in [-0.3, -0.25) is 0 Å². The number of ether oxygens (including phenoxy) is 2. The number of fused-ring (bicyclic) bond motifs is 2. The Bertz CT molecular complexity index is 945. The zero-order chi connectivity index (χ0) is 22.1. The Hall–Kier alpha value is -2.24. The van der Waals surface area contributed by atoms with Crippen molar-refractivity contribution in [2.75, 3.05) is 13.6 Å². The standard InChI is InChI=1S/C27H33FNO3/c1-29(17-20-11-5-8-14-23(20)28)18-21-15-16-24(29)25(21)32-27(30)26(19-9-3-2-4-10-19)31-22-12-6-7-13-22/h2-5,8-11,14,21-22,24-26H,6-7,12-13,15-18H2,1H3/q+1/t21?,24-,25?,26?,29?/m0/s1. The van der Waals surface area contributed by atoms with Crippen LogP contribution in [0.5, 0.6) is 0 Å². The van der Waals surface area contributed by atoms with E-state index in [1.54, 1.807) is 6.07 Å². The van der Waals surface area contributed by atoms with Crippen LogP contribution in [0.4, 0.5) is 4.39 Å². The second-order valence-corrected chi connectivity index (χ2v) is 10.1. The maximum absolute atomic E-state index is 14.3. The third-order valence-electron chi connectivity index (χ3n) is 7.82. The van der Waals surface area contributed by atoms with Crippen molar-refractivity contribution in [1.82, 2.24) is 0 Å². The summed E-state index contributed by atoms with van der Waals surface area (Å²) < 4.78 is 27.6. The van der Waals surface area contributed by atoms with Crippen molar-refractivity contribution in [2.24, 2.45) is 5.92 Å². The molecule has 2 aromatic rings. The van der Waals surface area contributed by atoms with E-state index in [2.05, 4.69) is 7.05 Å². The van der Waals surface area contributed by atoms with Gasteiger partial charge in [-0.1, -0.05) is 61.4 Å². The lowest BCUT2D eigenvalue weighted by molar-refractivity contribution is -0.939. The first-order chi connectivity index (χ1) is 15.5. The minimum absolute atomic E-state index is 0.121. The molecule has 2 bridgehead atoms. The van der Waals surface area contributed by atoms with E-state index in [1.807, 2.05) is 42.5 Å². The summed E-state index contributed by atoms with van der Waals surface area (Å²) in [6, 6.07) is 16.9. The van der Waals surface area contributed by atoms with Gasteiger partial charge in [-0.2, -0.15) is 0 Å². The number of carbonyl (C=O) groups excluding carboxylic acids is 1. The van der Waals surface area contributed by atoms with Crippen LogP contribution in [0.2, 0.25) is 0 Å². The van der Waals surface area contributed by atoms with Crippen LogP contribution in [0.15, 0.2) is 54.6 Å². The lowest BCUT2D eigenvalue weighted by Crippen LogP contribution is -2.51. The van der Waals surface area contributed by atoms with Gasteiger partial charge < -0.3 is 14.0 Å². The Balaban J connectivity index is 1.32. The Morgan fingerprint density at radius 3 is 2.50 bits per heavy atom. The summed E-state index contributed by atoms with van der Waals surface area (Å²) in [7, 11) is 2.18. The number of hydrogen-bond acceptors (Lipinski definition) is 3. The summed E-state index contributed by atoms with van der Waals surface area (Å²) in [6.07, 6.45) is 5.70. The van der Waals surface area contributed by atoms with Gasteiger partial charge >= 0.3 is 5.97 Å². The molecule has 3 aliphatic rings. The molecule has 5 heteroatoms. The molecule has 170 valence electrons. The number of piperidine rings is 1. The Labute approximate surface area is 189 Å². The minimum atomic E-state index is -0.676. The highest BCUT2D eigenvalue weighted by Crippen LogP contribution is 2.45. The number of halogens is 1. The second-order valence-electron chi connectivity index (χ2n) is 10.1. The molecular weight excluding hydrogens is 405 g/mol. The Morgan fingerprint density at radius 1 is 1.03 bits per heavy atom. The normalized spacial score (nSPS) is 30.5. The number of likely N-dealkylation sites (N-methyl/N-ethyl adjacent to an activating group) is 1. The molecule has 5 rings (SSSR count). The molecule has 0 amide bonds. The van der Waals surface area contributed by atoms with Crippen molar-refractivity contribution >= 4 is 5.97 Å². The minimum Gasteiger partial charge on any atom is -0.453 e. The number of quaternary nitrogens is 1. The highest BCUT2D eigenvalue weighted by Gasteiger charge is 2.58. The maximum Gasteiger partial charge on any atom is 0.340 e. The van der Waals surface area contributed by atoms with Crippen molar-refractivity contribution in [3.8, 4) is 0 Å². The third kappa shape index (κ3) is 4.20. The maximum atomic E-state index is 14.3. The molecule has 0 aromatic heterocycles. The van der Waals surface area contributed by atoms with Crippen LogP contribution in [0.1, 0.15) is 55.8 Å². The lowest BCUT2D eigenvalue weighted by atomic mass is 10.1. The van der Waals surface area contributed by atoms with E-state index in [0.717, 1.165) is 60.7 Å². The molecule has 1 aliphatic heterocycles. The van der Waals surface area contributed by atoms with E-state index in [4.69, 9.17) is 9.47 Å². The fourth-order valence-corrected chi connectivity index (χ4v) is 6.24. The van der Waals surface area contributed by atoms with Crippen LogP contribution in [-0.4, -0.2) is 42.3 Å². The molecule has 1 saturated heterocycles. The summed E-state index contributed by atoms with van der Waals surface area (Å²) in [5, 5.41) is 0. The Kier molecular flexibility index (Phi) is 6.04. The summed E-state index contributed by atoms with van der Waals surface area (Å²) >= 11 is 0. The van der Waals surface area contributed by atoms with E-state index >= 15 is 0 Å². The van der Waals surface area contributed by atoms with Crippen molar-refractivity contribution < 1.29 is 23.1 Å². The van der Waals surface area contributed by atoms with Gasteiger partial charge in [-0.05, 0) is 30.9 Å². The van der Waals surface area contributed by atoms with Crippen LogP contribution in [0.25, 0.3) is 0 Å². The monoisotopic (exact) mass is 438 g/mol. The molecule has 5 atom stereocenters. The number of hydrogen-bond donors (Lipinski definition) is 0. The molecule has 4 unspecified atom stereocenters. The van der Waals surface area contributed by atoms with E-state index in [0.29, 0.717) is 12.5 Å². The fourth-order valence-electron chi connectivity index (χ4n) is 6.24. The molecule has 0 spiro atoms. The predicted molar refractivity (Wildman–Crippen MR) is 120 cm³/mol. The van der Waals surface area contributed by atoms with E-state index in [9.17, 15) is 9.18 Å². The highest BCUT2D eigenvalue weighted by molar-refractivity contribution is 5.77. The summed E-state index contributed by atoms with van der Waals surface area (Å²) in [5.74, 6) is -0.106. The summed E-state index contributed by atoms with van der Waals surface area (Å²) in [5.41, 5.74) is 1.60. The van der Waals surface area contributed by atoms with Gasteiger partial charge in [-0.25, -0.2) is 9.18 Å². The Morgan fingerprint density at radius 2 is 1.75 bits per heavy atom. The number of nitrogens with zero attached hydrogens (tertiary/aromatic N) is 1. The fraction of sp³-hybridized carbons (Fsp3) is 0.519. The third-order valence-corrected chi connectivity index (χ3v) is 7.82. The van der Waals surface area contributed by atoms with Crippen molar-refractivity contribution in [3.05, 3.63) is 71.5 Å². The van der Waals surface area contributed by atoms with Gasteiger partial charge in [0.15, 0.2) is 12.2 Å². The van der Waals surface area contributed by atoms with Gasteiger partial charge in [0.2, 0.25) is 0 Å². The summed E-state index contributed by atoms with van der Waals surface area (Å²) in [6.45, 7) is 1.54. The van der Waals surface area contributed by atoms with Gasteiger partial charge in [0.1, 0.15) is 18.4 Å². The average Bonchev–Trinajstić information content (AvgIpc) is 3.50. The number of likely N-dealkylation sites (tertiary alicyclic amines) is 1. The van der Waals surface area contributed by atoms with E-state index in [-0.39, 0.29) is 30.0 Å². The van der Waals surface area contributed by atoms with Crippen LogP contribution in [0, 0.1) is 11.7 Å². The molecule has 0 radical (unpaired) electrons. The zero-order valence-corrected chi connectivity index (χ0v) is 18.8. The van der Waals surface area contributed by atoms with Gasteiger partial charge in [0.05, 0.1) is 25.6 Å². The molecule has 1 heterocycles. The molecule has 2 aromatic carbocycles. The van der Waals surface area contributed by atoms with Crippen LogP contribution >= 0.6 is 0 Å². The van der Waals surface area contributed by atoms with Crippen LogP contribution in [0.3, 0.4) is 0 Å². The van der Waals surface area contributed by atoms with Gasteiger partial charge in [0, 0.05) is 12.0 Å². The SMILES string of the molecule is C[N+]1(Cc2ccccc2F)CC2CC[C@H]1C2OC(=O)C(OC1CCCC1)c1ccccc1. The summed E-state index contributed by atoms with van der Waals surface area (Å²) in [4.78, 5) is 13.4. The molecular formula is C27H33FNO3+. The quantitative estimate of drug-likeness (QED) is 0.442.